The van der Waals surface area contributed by atoms with Crippen LogP contribution in [0.4, 0.5) is 11.4 Å². The van der Waals surface area contributed by atoms with Gasteiger partial charge in [-0.2, -0.15) is 0 Å². The van der Waals surface area contributed by atoms with Crippen molar-refractivity contribution in [2.75, 3.05) is 33.8 Å². The highest BCUT2D eigenvalue weighted by molar-refractivity contribution is 6.30. The van der Waals surface area contributed by atoms with Gasteiger partial charge in [0.05, 0.1) is 33.4 Å². The summed E-state index contributed by atoms with van der Waals surface area (Å²) in [6.07, 6.45) is 0. The Balaban J connectivity index is 1.88. The number of nitrogens with one attached hydrogen (secondary N) is 1. The van der Waals surface area contributed by atoms with Gasteiger partial charge in [-0.25, -0.2) is 0 Å². The number of carbonyl (C=O) groups is 1. The number of hydrogen-bond acceptors (Lipinski definition) is 8. The zero-order valence-electron chi connectivity index (χ0n) is 18.7. The summed E-state index contributed by atoms with van der Waals surface area (Å²) in [5, 5.41) is 14.3. The Hall–Kier alpha value is -4.18. The Morgan fingerprint density at radius 1 is 0.824 bits per heavy atom. The van der Waals surface area contributed by atoms with E-state index in [1.54, 1.807) is 12.1 Å². The summed E-state index contributed by atoms with van der Waals surface area (Å²) in [6, 6.07) is 11.6. The molecule has 11 heteroatoms. The Morgan fingerprint density at radius 2 is 1.44 bits per heavy atom. The Kier molecular flexibility index (Phi) is 7.64. The molecule has 0 saturated carbocycles. The van der Waals surface area contributed by atoms with Crippen molar-refractivity contribution in [3.63, 3.8) is 0 Å². The zero-order valence-corrected chi connectivity index (χ0v) is 19.5. The largest absolute Gasteiger partial charge is 0.493 e. The van der Waals surface area contributed by atoms with E-state index in [9.17, 15) is 14.9 Å². The molecule has 34 heavy (non-hydrogen) atoms. The fraction of sp³-hybridized carbons (Fsp3) is 0.174. The number of benzene rings is 3. The molecule has 0 aliphatic rings. The van der Waals surface area contributed by atoms with Crippen molar-refractivity contribution in [1.82, 2.24) is 0 Å². The van der Waals surface area contributed by atoms with Crippen LogP contribution in [0.25, 0.3) is 0 Å². The summed E-state index contributed by atoms with van der Waals surface area (Å²) in [5.74, 6) is 1.05. The van der Waals surface area contributed by atoms with E-state index in [-0.39, 0.29) is 33.5 Å². The molecule has 0 aliphatic heterocycles. The lowest BCUT2D eigenvalue weighted by Gasteiger charge is -2.15. The first-order valence-corrected chi connectivity index (χ1v) is 10.1. The third-order valence-corrected chi connectivity index (χ3v) is 4.92. The van der Waals surface area contributed by atoms with Crippen LogP contribution in [-0.2, 0) is 0 Å². The minimum absolute atomic E-state index is 0.0256. The summed E-state index contributed by atoms with van der Waals surface area (Å²) >= 11 is 5.85. The molecule has 1 N–H and O–H groups in total. The molecular weight excluding hydrogens is 468 g/mol. The molecule has 0 bridgehead atoms. The van der Waals surface area contributed by atoms with E-state index >= 15 is 0 Å². The molecular formula is C23H21ClN2O8. The maximum atomic E-state index is 12.9. The molecule has 0 aliphatic carbocycles. The molecule has 1 amide bonds. The lowest BCUT2D eigenvalue weighted by atomic mass is 10.1. The van der Waals surface area contributed by atoms with E-state index in [0.717, 1.165) is 0 Å². The van der Waals surface area contributed by atoms with Crippen LogP contribution in [0, 0.1) is 10.1 Å². The van der Waals surface area contributed by atoms with E-state index in [1.165, 1.54) is 64.8 Å². The third-order valence-electron chi connectivity index (χ3n) is 4.69. The van der Waals surface area contributed by atoms with Crippen LogP contribution in [0.15, 0.2) is 48.5 Å². The van der Waals surface area contributed by atoms with Crippen molar-refractivity contribution in [2.24, 2.45) is 0 Å². The molecule has 3 aromatic rings. The molecule has 0 heterocycles. The van der Waals surface area contributed by atoms with E-state index in [2.05, 4.69) is 5.32 Å². The second-order valence-corrected chi connectivity index (χ2v) is 7.14. The van der Waals surface area contributed by atoms with Gasteiger partial charge in [-0.15, -0.1) is 0 Å². The fourth-order valence-corrected chi connectivity index (χ4v) is 3.25. The van der Waals surface area contributed by atoms with Gasteiger partial charge in [0.15, 0.2) is 23.0 Å². The van der Waals surface area contributed by atoms with Crippen molar-refractivity contribution < 1.29 is 33.4 Å². The number of hydrogen-bond donors (Lipinski definition) is 1. The van der Waals surface area contributed by atoms with Gasteiger partial charge < -0.3 is 29.0 Å². The normalized spacial score (nSPS) is 10.3. The first-order valence-electron chi connectivity index (χ1n) is 9.72. The maximum Gasteiger partial charge on any atom is 0.313 e. The molecule has 3 aromatic carbocycles. The molecule has 0 saturated heterocycles. The number of nitro benzene ring substituents is 1. The maximum absolute atomic E-state index is 12.9. The van der Waals surface area contributed by atoms with E-state index < -0.39 is 10.8 Å². The monoisotopic (exact) mass is 488 g/mol. The Morgan fingerprint density at radius 3 is 2.00 bits per heavy atom. The Bertz CT molecular complexity index is 1210. The van der Waals surface area contributed by atoms with Crippen molar-refractivity contribution >= 4 is 28.9 Å². The second-order valence-electron chi connectivity index (χ2n) is 6.70. The van der Waals surface area contributed by atoms with Crippen molar-refractivity contribution in [2.45, 2.75) is 0 Å². The molecule has 0 fully saturated rings. The minimum Gasteiger partial charge on any atom is -0.493 e. The van der Waals surface area contributed by atoms with Crippen LogP contribution in [-0.4, -0.2) is 39.3 Å². The molecule has 0 radical (unpaired) electrons. The number of rotatable bonds is 9. The summed E-state index contributed by atoms with van der Waals surface area (Å²) < 4.78 is 26.9. The van der Waals surface area contributed by atoms with Crippen LogP contribution in [0.2, 0.25) is 5.02 Å². The lowest BCUT2D eigenvalue weighted by molar-refractivity contribution is -0.385. The fourth-order valence-electron chi connectivity index (χ4n) is 3.09. The highest BCUT2D eigenvalue weighted by atomic mass is 35.5. The topological polar surface area (TPSA) is 118 Å². The van der Waals surface area contributed by atoms with Crippen molar-refractivity contribution in [1.29, 1.82) is 0 Å². The van der Waals surface area contributed by atoms with Crippen LogP contribution >= 0.6 is 11.6 Å². The molecule has 0 unspecified atom stereocenters. The molecule has 0 atom stereocenters. The van der Waals surface area contributed by atoms with Gasteiger partial charge in [0.25, 0.3) is 5.91 Å². The molecule has 10 nitrogen and oxygen atoms in total. The van der Waals surface area contributed by atoms with Gasteiger partial charge in [-0.05, 0) is 30.3 Å². The van der Waals surface area contributed by atoms with Crippen LogP contribution in [0.3, 0.4) is 0 Å². The summed E-state index contributed by atoms with van der Waals surface area (Å²) in [6.45, 7) is 0. The van der Waals surface area contributed by atoms with Gasteiger partial charge in [-0.1, -0.05) is 11.6 Å². The minimum atomic E-state index is -0.604. The van der Waals surface area contributed by atoms with Crippen molar-refractivity contribution in [3.05, 3.63) is 69.2 Å². The number of nitro groups is 1. The number of ether oxygens (including phenoxy) is 5. The molecule has 0 aromatic heterocycles. The molecule has 178 valence electrons. The van der Waals surface area contributed by atoms with E-state index in [0.29, 0.717) is 22.9 Å². The van der Waals surface area contributed by atoms with E-state index in [4.69, 9.17) is 35.3 Å². The lowest BCUT2D eigenvalue weighted by Crippen LogP contribution is -2.12. The highest BCUT2D eigenvalue weighted by Crippen LogP contribution is 2.41. The number of nitrogens with zero attached hydrogens (tertiary/aromatic N) is 1. The van der Waals surface area contributed by atoms with Gasteiger partial charge >= 0.3 is 5.69 Å². The number of halogens is 1. The third kappa shape index (κ3) is 5.24. The average molecular weight is 489 g/mol. The van der Waals surface area contributed by atoms with Gasteiger partial charge in [0.2, 0.25) is 11.5 Å². The highest BCUT2D eigenvalue weighted by Gasteiger charge is 2.20. The molecule has 0 spiro atoms. The summed E-state index contributed by atoms with van der Waals surface area (Å²) in [5.41, 5.74) is 0.359. The van der Waals surface area contributed by atoms with Crippen LogP contribution < -0.4 is 29.0 Å². The first kappa shape index (κ1) is 24.5. The quantitative estimate of drug-likeness (QED) is 0.317. The Labute approximate surface area is 200 Å². The summed E-state index contributed by atoms with van der Waals surface area (Å²) in [7, 11) is 5.81. The van der Waals surface area contributed by atoms with Gasteiger partial charge in [0.1, 0.15) is 0 Å². The average Bonchev–Trinajstić information content (AvgIpc) is 2.84. The summed E-state index contributed by atoms with van der Waals surface area (Å²) in [4.78, 5) is 23.6. The number of carbonyl (C=O) groups excluding carboxylic acids is 1. The second kappa shape index (κ2) is 10.6. The van der Waals surface area contributed by atoms with Crippen LogP contribution in [0.1, 0.15) is 10.4 Å². The smallest absolute Gasteiger partial charge is 0.313 e. The van der Waals surface area contributed by atoms with E-state index in [1.807, 2.05) is 0 Å². The SMILES string of the molecule is COc1cc(C(=O)Nc2cc(OC)c(OC)c(OC)c2)ccc1Oc1ccc(Cl)cc1[N+](=O)[O-]. The zero-order chi connectivity index (χ0) is 24.8. The molecule has 3 rings (SSSR count). The van der Waals surface area contributed by atoms with Crippen LogP contribution in [0.5, 0.6) is 34.5 Å². The first-order chi connectivity index (χ1) is 16.3. The number of amides is 1. The predicted molar refractivity (Wildman–Crippen MR) is 125 cm³/mol. The standard InChI is InChI=1S/C23H21ClN2O8/c1-30-19-9-13(5-7-18(19)34-17-8-6-14(24)10-16(17)26(28)29)23(27)25-15-11-20(31-2)22(33-4)21(12-15)32-3/h5-12H,1-4H3,(H,25,27). The predicted octanol–water partition coefficient (Wildman–Crippen LogP) is 5.33. The number of methoxy groups -OCH3 is 4. The van der Waals surface area contributed by atoms with Gasteiger partial charge in [0, 0.05) is 34.5 Å². The van der Waals surface area contributed by atoms with Gasteiger partial charge in [-0.3, -0.25) is 14.9 Å². The van der Waals surface area contributed by atoms with Crippen molar-refractivity contribution in [3.8, 4) is 34.5 Å². The number of anilines is 1.